The third-order valence-electron chi connectivity index (χ3n) is 1.65. The summed E-state index contributed by atoms with van der Waals surface area (Å²) < 4.78 is 40.3. The van der Waals surface area contributed by atoms with E-state index in [1.54, 1.807) is 6.07 Å². The lowest BCUT2D eigenvalue weighted by Gasteiger charge is -2.12. The second-order valence-corrected chi connectivity index (χ2v) is 4.10. The summed E-state index contributed by atoms with van der Waals surface area (Å²) >= 11 is 1.13. The van der Waals surface area contributed by atoms with Crippen LogP contribution in [0.15, 0.2) is 17.2 Å². The lowest BCUT2D eigenvalue weighted by molar-refractivity contribution is -0.275. The van der Waals surface area contributed by atoms with Gasteiger partial charge in [0.05, 0.1) is 4.90 Å². The molecule has 0 aliphatic heterocycles. The minimum atomic E-state index is -4.77. The van der Waals surface area contributed by atoms with Crippen LogP contribution >= 0.6 is 11.8 Å². The number of alkyl halides is 3. The number of aromatic nitrogens is 1. The van der Waals surface area contributed by atoms with Crippen molar-refractivity contribution in [2.24, 2.45) is 0 Å². The Morgan fingerprint density at radius 3 is 2.76 bits per heavy atom. The molecule has 0 atom stereocenters. The van der Waals surface area contributed by atoms with Gasteiger partial charge in [-0.05, 0) is 12.2 Å². The molecule has 3 nitrogen and oxygen atoms in total. The van der Waals surface area contributed by atoms with E-state index in [0.29, 0.717) is 5.75 Å². The van der Waals surface area contributed by atoms with Crippen molar-refractivity contribution in [2.45, 2.75) is 24.6 Å². The van der Waals surface area contributed by atoms with Gasteiger partial charge in [0.1, 0.15) is 11.8 Å². The van der Waals surface area contributed by atoms with Gasteiger partial charge in [-0.1, -0.05) is 6.92 Å². The number of rotatable bonds is 4. The average molecular weight is 262 g/mol. The van der Waals surface area contributed by atoms with Crippen molar-refractivity contribution in [3.8, 4) is 11.8 Å². The summed E-state index contributed by atoms with van der Waals surface area (Å²) in [6.07, 6.45) is -2.87. The van der Waals surface area contributed by atoms with Crippen molar-refractivity contribution < 1.29 is 17.9 Å². The van der Waals surface area contributed by atoms with E-state index >= 15 is 0 Å². The molecule has 1 rings (SSSR count). The summed E-state index contributed by atoms with van der Waals surface area (Å²) in [4.78, 5) is 3.84. The molecule has 0 aromatic carbocycles. The van der Waals surface area contributed by atoms with E-state index in [-0.39, 0.29) is 16.3 Å². The summed E-state index contributed by atoms with van der Waals surface area (Å²) in [5.41, 5.74) is -0.0507. The lowest BCUT2D eigenvalue weighted by atomic mass is 10.3. The lowest BCUT2D eigenvalue weighted by Crippen LogP contribution is -2.18. The normalized spacial score (nSPS) is 11.0. The quantitative estimate of drug-likeness (QED) is 0.780. The molecule has 0 N–H and O–H groups in total. The van der Waals surface area contributed by atoms with Crippen molar-refractivity contribution in [3.05, 3.63) is 18.0 Å². The maximum Gasteiger partial charge on any atom is 0.573 e. The van der Waals surface area contributed by atoms with E-state index in [9.17, 15) is 13.2 Å². The second kappa shape index (κ2) is 5.77. The van der Waals surface area contributed by atoms with E-state index in [1.165, 1.54) is 0 Å². The Hall–Kier alpha value is -1.42. The summed E-state index contributed by atoms with van der Waals surface area (Å²) in [5, 5.41) is 8.78. The van der Waals surface area contributed by atoms with Crippen molar-refractivity contribution in [1.82, 2.24) is 4.98 Å². The Bertz CT molecular complexity index is 429. The van der Waals surface area contributed by atoms with Crippen molar-refractivity contribution in [2.75, 3.05) is 5.75 Å². The molecule has 1 heterocycles. The summed E-state index contributed by atoms with van der Waals surface area (Å²) in [5.74, 6) is 0.219. The van der Waals surface area contributed by atoms with Crippen LogP contribution in [0.1, 0.15) is 19.0 Å². The van der Waals surface area contributed by atoms with Crippen LogP contribution in [-0.4, -0.2) is 17.1 Å². The largest absolute Gasteiger partial charge is 0.573 e. The Kier molecular flexibility index (Phi) is 4.63. The highest BCUT2D eigenvalue weighted by molar-refractivity contribution is 7.99. The zero-order chi connectivity index (χ0) is 12.9. The van der Waals surface area contributed by atoms with E-state index < -0.39 is 6.36 Å². The number of nitrogens with zero attached hydrogens (tertiary/aromatic N) is 2. The van der Waals surface area contributed by atoms with Gasteiger partial charge >= 0.3 is 6.36 Å². The molecule has 0 aliphatic carbocycles. The number of halogens is 3. The Balaban J connectivity index is 3.07. The van der Waals surface area contributed by atoms with E-state index in [1.807, 2.05) is 6.92 Å². The monoisotopic (exact) mass is 262 g/mol. The molecule has 0 saturated heterocycles. The second-order valence-electron chi connectivity index (χ2n) is 2.99. The molecule has 0 saturated carbocycles. The van der Waals surface area contributed by atoms with Crippen molar-refractivity contribution in [1.29, 1.82) is 5.26 Å². The maximum atomic E-state index is 12.1. The van der Waals surface area contributed by atoms with E-state index in [0.717, 1.165) is 30.4 Å². The number of ether oxygens (including phenoxy) is 1. The predicted octanol–water partition coefficient (Wildman–Crippen LogP) is 3.35. The van der Waals surface area contributed by atoms with Crippen molar-refractivity contribution in [3.63, 3.8) is 0 Å². The summed E-state index contributed by atoms with van der Waals surface area (Å²) in [6.45, 7) is 1.89. The molecule has 17 heavy (non-hydrogen) atoms. The minimum Gasteiger partial charge on any atom is -0.404 e. The molecule has 0 spiro atoms. The Morgan fingerprint density at radius 2 is 2.24 bits per heavy atom. The number of hydrogen-bond donors (Lipinski definition) is 0. The molecule has 7 heteroatoms. The first-order valence-electron chi connectivity index (χ1n) is 4.75. The Labute approximate surface area is 101 Å². The fourth-order valence-corrected chi connectivity index (χ4v) is 1.95. The van der Waals surface area contributed by atoms with Gasteiger partial charge in [0, 0.05) is 12.3 Å². The molecule has 1 aromatic heterocycles. The van der Waals surface area contributed by atoms with Crippen LogP contribution in [0.4, 0.5) is 13.2 Å². The highest BCUT2D eigenvalue weighted by Crippen LogP contribution is 2.34. The van der Waals surface area contributed by atoms with Gasteiger partial charge in [0.2, 0.25) is 0 Å². The smallest absolute Gasteiger partial charge is 0.404 e. The van der Waals surface area contributed by atoms with Crippen LogP contribution in [0, 0.1) is 11.3 Å². The zero-order valence-electron chi connectivity index (χ0n) is 8.91. The van der Waals surface area contributed by atoms with Gasteiger partial charge in [0.15, 0.2) is 5.69 Å². The number of hydrogen-bond acceptors (Lipinski definition) is 4. The first kappa shape index (κ1) is 13.6. The third-order valence-corrected chi connectivity index (χ3v) is 2.95. The number of nitriles is 1. The first-order chi connectivity index (χ1) is 7.98. The zero-order valence-corrected chi connectivity index (χ0v) is 9.73. The SMILES string of the molecule is CCCSc1c(OC(F)(F)F)ccnc1C#N. The third kappa shape index (κ3) is 4.15. The van der Waals surface area contributed by atoms with Gasteiger partial charge in [-0.2, -0.15) is 5.26 Å². The molecule has 0 aliphatic rings. The van der Waals surface area contributed by atoms with E-state index in [2.05, 4.69) is 9.72 Å². The van der Waals surface area contributed by atoms with Crippen LogP contribution < -0.4 is 4.74 Å². The molecule has 92 valence electrons. The standard InChI is InChI=1S/C10H9F3N2OS/c1-2-5-17-9-7(6-14)15-4-3-8(9)16-10(11,12)13/h3-4H,2,5H2,1H3. The maximum absolute atomic E-state index is 12.1. The molecule has 0 bridgehead atoms. The van der Waals surface area contributed by atoms with Crippen LogP contribution in [0.25, 0.3) is 0 Å². The van der Waals surface area contributed by atoms with Gasteiger partial charge in [0.25, 0.3) is 0 Å². The van der Waals surface area contributed by atoms with Crippen molar-refractivity contribution >= 4 is 11.8 Å². The van der Waals surface area contributed by atoms with Gasteiger partial charge in [-0.15, -0.1) is 24.9 Å². The van der Waals surface area contributed by atoms with Crippen LogP contribution in [0.3, 0.4) is 0 Å². The Morgan fingerprint density at radius 1 is 1.53 bits per heavy atom. The van der Waals surface area contributed by atoms with Gasteiger partial charge in [-0.25, -0.2) is 4.98 Å². The predicted molar refractivity (Wildman–Crippen MR) is 56.7 cm³/mol. The molecular formula is C10H9F3N2OS. The van der Waals surface area contributed by atoms with Gasteiger partial charge in [-0.3, -0.25) is 0 Å². The van der Waals surface area contributed by atoms with Crippen LogP contribution in [-0.2, 0) is 0 Å². The minimum absolute atomic E-state index is 0.0507. The molecular weight excluding hydrogens is 253 g/mol. The fraction of sp³-hybridized carbons (Fsp3) is 0.400. The summed E-state index contributed by atoms with van der Waals surface area (Å²) in [6, 6.07) is 2.85. The van der Waals surface area contributed by atoms with Crippen LogP contribution in [0.5, 0.6) is 5.75 Å². The van der Waals surface area contributed by atoms with Gasteiger partial charge < -0.3 is 4.74 Å². The first-order valence-corrected chi connectivity index (χ1v) is 5.74. The molecule has 0 fully saturated rings. The van der Waals surface area contributed by atoms with E-state index in [4.69, 9.17) is 5.26 Å². The highest BCUT2D eigenvalue weighted by Gasteiger charge is 2.32. The summed E-state index contributed by atoms with van der Waals surface area (Å²) in [7, 11) is 0. The topological polar surface area (TPSA) is 45.9 Å². The average Bonchev–Trinajstić information content (AvgIpc) is 2.25. The fourth-order valence-electron chi connectivity index (χ4n) is 1.06. The molecule has 0 unspecified atom stereocenters. The van der Waals surface area contributed by atoms with Crippen LogP contribution in [0.2, 0.25) is 0 Å². The molecule has 1 aromatic rings. The number of pyridine rings is 1. The molecule has 0 amide bonds. The molecule has 0 radical (unpaired) electrons. The highest BCUT2D eigenvalue weighted by atomic mass is 32.2. The number of thioether (sulfide) groups is 1.